The minimum absolute atomic E-state index is 0.0352. The second kappa shape index (κ2) is 7.27. The molecule has 1 fully saturated rings. The third kappa shape index (κ3) is 3.57. The minimum atomic E-state index is -0.447. The van der Waals surface area contributed by atoms with Gasteiger partial charge in [0.2, 0.25) is 5.91 Å². The van der Waals surface area contributed by atoms with Crippen LogP contribution in [0.5, 0.6) is 0 Å². The number of aromatic nitrogens is 2. The Morgan fingerprint density at radius 3 is 2.96 bits per heavy atom. The predicted octanol–water partition coefficient (Wildman–Crippen LogP) is 1.38. The number of rotatable bonds is 6. The van der Waals surface area contributed by atoms with Crippen LogP contribution in [-0.4, -0.2) is 49.2 Å². The molecule has 0 atom stereocenters. The Morgan fingerprint density at radius 2 is 2.21 bits per heavy atom. The van der Waals surface area contributed by atoms with E-state index in [1.807, 2.05) is 0 Å². The molecule has 0 unspecified atom stereocenters. The number of imidazole rings is 1. The molecule has 1 aromatic carbocycles. The van der Waals surface area contributed by atoms with Crippen molar-refractivity contribution in [2.45, 2.75) is 19.3 Å². The van der Waals surface area contributed by atoms with Gasteiger partial charge in [-0.3, -0.25) is 4.79 Å². The monoisotopic (exact) mass is 334 g/mol. The van der Waals surface area contributed by atoms with E-state index in [1.165, 1.54) is 12.1 Å². The molecular weight excluding hydrogens is 311 g/mol. The number of H-pyrrole nitrogens is 1. The quantitative estimate of drug-likeness (QED) is 0.746. The molecule has 7 heteroatoms. The second-order valence-corrected chi connectivity index (χ2v) is 6.31. The molecule has 0 aliphatic carbocycles. The number of fused-ring (bicyclic) bond motifs is 1. The molecule has 0 spiro atoms. The van der Waals surface area contributed by atoms with Crippen molar-refractivity contribution in [1.29, 1.82) is 0 Å². The van der Waals surface area contributed by atoms with E-state index < -0.39 is 5.41 Å². The molecule has 3 rings (SSSR count). The van der Waals surface area contributed by atoms with Gasteiger partial charge in [0.25, 0.3) is 0 Å². The van der Waals surface area contributed by atoms with Gasteiger partial charge in [0.05, 0.1) is 23.1 Å². The lowest BCUT2D eigenvalue weighted by Crippen LogP contribution is -2.50. The predicted molar refractivity (Wildman–Crippen MR) is 89.2 cm³/mol. The normalized spacial score (nSPS) is 17.1. The van der Waals surface area contributed by atoms with Gasteiger partial charge in [0.1, 0.15) is 11.6 Å². The highest BCUT2D eigenvalue weighted by Crippen LogP contribution is 2.29. The number of nitrogens with one attached hydrogen (secondary N) is 3. The van der Waals surface area contributed by atoms with E-state index in [1.54, 1.807) is 13.2 Å². The van der Waals surface area contributed by atoms with Crippen molar-refractivity contribution in [3.05, 3.63) is 29.8 Å². The Labute approximate surface area is 140 Å². The number of amides is 1. The van der Waals surface area contributed by atoms with E-state index in [0.717, 1.165) is 37.3 Å². The Morgan fingerprint density at radius 1 is 1.42 bits per heavy atom. The number of carbonyl (C=O) groups excluding carboxylic acids is 1. The van der Waals surface area contributed by atoms with Crippen LogP contribution in [0.1, 0.15) is 18.7 Å². The third-order valence-electron chi connectivity index (χ3n) is 4.60. The minimum Gasteiger partial charge on any atom is -0.384 e. The van der Waals surface area contributed by atoms with Crippen molar-refractivity contribution in [2.75, 3.05) is 33.4 Å². The van der Waals surface area contributed by atoms with E-state index in [2.05, 4.69) is 20.6 Å². The lowest BCUT2D eigenvalue weighted by atomic mass is 9.78. The van der Waals surface area contributed by atoms with E-state index >= 15 is 0 Å². The zero-order chi connectivity index (χ0) is 17.0. The molecule has 130 valence electrons. The summed E-state index contributed by atoms with van der Waals surface area (Å²) in [6.07, 6.45) is 2.12. The number of nitrogens with zero attached hydrogens (tertiary/aromatic N) is 1. The molecule has 1 amide bonds. The van der Waals surface area contributed by atoms with Crippen molar-refractivity contribution in [3.63, 3.8) is 0 Å². The van der Waals surface area contributed by atoms with E-state index in [4.69, 9.17) is 4.74 Å². The summed E-state index contributed by atoms with van der Waals surface area (Å²) in [5.74, 6) is 0.480. The maximum atomic E-state index is 13.2. The summed E-state index contributed by atoms with van der Waals surface area (Å²) in [6, 6.07) is 4.46. The fourth-order valence-electron chi connectivity index (χ4n) is 3.25. The summed E-state index contributed by atoms with van der Waals surface area (Å²) in [7, 11) is 1.63. The first kappa shape index (κ1) is 16.9. The molecule has 24 heavy (non-hydrogen) atoms. The molecule has 0 saturated carbocycles. The third-order valence-corrected chi connectivity index (χ3v) is 4.60. The topological polar surface area (TPSA) is 79.0 Å². The summed E-state index contributed by atoms with van der Waals surface area (Å²) in [4.78, 5) is 20.1. The van der Waals surface area contributed by atoms with Gasteiger partial charge >= 0.3 is 0 Å². The summed E-state index contributed by atoms with van der Waals surface area (Å²) in [6.45, 7) is 2.57. The number of hydrogen-bond donors (Lipinski definition) is 3. The SMILES string of the molecule is COCC1(C(=O)NCCc2nc3ccc(F)cc3[nH]2)CCNCC1. The number of halogens is 1. The molecular formula is C17H23FN4O2. The lowest BCUT2D eigenvalue weighted by molar-refractivity contribution is -0.136. The highest BCUT2D eigenvalue weighted by Gasteiger charge is 2.39. The molecule has 1 aromatic heterocycles. The maximum absolute atomic E-state index is 13.2. The number of piperidine rings is 1. The van der Waals surface area contributed by atoms with Gasteiger partial charge in [-0.1, -0.05) is 0 Å². The zero-order valence-electron chi connectivity index (χ0n) is 13.8. The zero-order valence-corrected chi connectivity index (χ0v) is 13.8. The van der Waals surface area contributed by atoms with E-state index in [-0.39, 0.29) is 11.7 Å². The van der Waals surface area contributed by atoms with Crippen LogP contribution in [0.25, 0.3) is 11.0 Å². The highest BCUT2D eigenvalue weighted by molar-refractivity contribution is 5.83. The van der Waals surface area contributed by atoms with Gasteiger partial charge in [-0.2, -0.15) is 0 Å². The lowest BCUT2D eigenvalue weighted by Gasteiger charge is -2.35. The van der Waals surface area contributed by atoms with E-state index in [9.17, 15) is 9.18 Å². The van der Waals surface area contributed by atoms with Gasteiger partial charge in [0, 0.05) is 20.1 Å². The van der Waals surface area contributed by atoms with Gasteiger partial charge < -0.3 is 20.4 Å². The Bertz CT molecular complexity index is 704. The molecule has 1 saturated heterocycles. The first-order chi connectivity index (χ1) is 11.6. The van der Waals surface area contributed by atoms with Gasteiger partial charge in [-0.15, -0.1) is 0 Å². The summed E-state index contributed by atoms with van der Waals surface area (Å²) in [5, 5.41) is 6.27. The van der Waals surface area contributed by atoms with Crippen molar-refractivity contribution in [3.8, 4) is 0 Å². The maximum Gasteiger partial charge on any atom is 0.228 e. The second-order valence-electron chi connectivity index (χ2n) is 6.31. The number of methoxy groups -OCH3 is 1. The standard InChI is InChI=1S/C17H23FN4O2/c1-24-11-17(5-8-19-9-6-17)16(23)20-7-4-15-21-13-3-2-12(18)10-14(13)22-15/h2-3,10,19H,4-9,11H2,1H3,(H,20,23)(H,21,22). The van der Waals surface area contributed by atoms with Crippen LogP contribution in [-0.2, 0) is 16.0 Å². The Hall–Kier alpha value is -1.99. The molecule has 0 bridgehead atoms. The molecule has 6 nitrogen and oxygen atoms in total. The molecule has 1 aliphatic rings. The van der Waals surface area contributed by atoms with Crippen LogP contribution < -0.4 is 10.6 Å². The van der Waals surface area contributed by atoms with Crippen LogP contribution in [0.4, 0.5) is 4.39 Å². The summed E-state index contributed by atoms with van der Waals surface area (Å²) < 4.78 is 18.5. The molecule has 2 aromatic rings. The van der Waals surface area contributed by atoms with Gasteiger partial charge in [0.15, 0.2) is 0 Å². The average molecular weight is 334 g/mol. The largest absolute Gasteiger partial charge is 0.384 e. The molecule has 0 radical (unpaired) electrons. The van der Waals surface area contributed by atoms with Crippen LogP contribution in [0.15, 0.2) is 18.2 Å². The van der Waals surface area contributed by atoms with Crippen molar-refractivity contribution < 1.29 is 13.9 Å². The van der Waals surface area contributed by atoms with Gasteiger partial charge in [-0.05, 0) is 44.1 Å². The number of carbonyl (C=O) groups is 1. The average Bonchev–Trinajstić information content (AvgIpc) is 2.97. The number of benzene rings is 1. The van der Waals surface area contributed by atoms with Gasteiger partial charge in [-0.25, -0.2) is 9.37 Å². The fraction of sp³-hybridized carbons (Fsp3) is 0.529. The summed E-state index contributed by atoms with van der Waals surface area (Å²) >= 11 is 0. The van der Waals surface area contributed by atoms with E-state index in [0.29, 0.717) is 25.1 Å². The van der Waals surface area contributed by atoms with Crippen molar-refractivity contribution in [1.82, 2.24) is 20.6 Å². The van der Waals surface area contributed by atoms with Crippen molar-refractivity contribution >= 4 is 16.9 Å². The summed E-state index contributed by atoms with van der Waals surface area (Å²) in [5.41, 5.74) is 0.953. The molecule has 2 heterocycles. The highest BCUT2D eigenvalue weighted by atomic mass is 19.1. The van der Waals surface area contributed by atoms with Crippen LogP contribution in [0, 0.1) is 11.2 Å². The Kier molecular flexibility index (Phi) is 5.11. The number of hydrogen-bond acceptors (Lipinski definition) is 4. The fourth-order valence-corrected chi connectivity index (χ4v) is 3.25. The van der Waals surface area contributed by atoms with Crippen LogP contribution in [0.2, 0.25) is 0 Å². The van der Waals surface area contributed by atoms with Crippen LogP contribution in [0.3, 0.4) is 0 Å². The molecule has 1 aliphatic heterocycles. The Balaban J connectivity index is 1.58. The van der Waals surface area contributed by atoms with Crippen LogP contribution >= 0.6 is 0 Å². The molecule has 3 N–H and O–H groups in total. The number of aromatic amines is 1. The first-order valence-electron chi connectivity index (χ1n) is 8.25. The first-order valence-corrected chi connectivity index (χ1v) is 8.25. The number of ether oxygens (including phenoxy) is 1. The smallest absolute Gasteiger partial charge is 0.228 e. The van der Waals surface area contributed by atoms with Crippen molar-refractivity contribution in [2.24, 2.45) is 5.41 Å².